The third-order valence-electron chi connectivity index (χ3n) is 3.51. The van der Waals surface area contributed by atoms with Crippen LogP contribution < -0.4 is 4.74 Å². The number of aliphatic hydroxyl groups is 1. The first kappa shape index (κ1) is 14.5. The van der Waals surface area contributed by atoms with Gasteiger partial charge in [-0.25, -0.2) is 9.97 Å². The number of benzene rings is 1. The average molecular weight is 297 g/mol. The summed E-state index contributed by atoms with van der Waals surface area (Å²) in [5.74, 6) is 1.57. The quantitative estimate of drug-likeness (QED) is 0.786. The number of ether oxygens (including phenoxy) is 1. The molecule has 0 spiro atoms. The van der Waals surface area contributed by atoms with Crippen LogP contribution in [0.4, 0.5) is 0 Å². The maximum atomic E-state index is 9.28. The Balaban J connectivity index is 1.88. The summed E-state index contributed by atoms with van der Waals surface area (Å²) >= 11 is 0. The third-order valence-corrected chi connectivity index (χ3v) is 3.51. The molecule has 3 rings (SSSR count). The molecule has 2 heterocycles. The SMILES string of the molecule is Cc1ccc(OCc2nc3cc(C)cnc3n2CCO)cc1. The Bertz CT molecular complexity index is 778. The second-order valence-corrected chi connectivity index (χ2v) is 5.36. The van der Waals surface area contributed by atoms with Crippen molar-refractivity contribution in [1.82, 2.24) is 14.5 Å². The molecular weight excluding hydrogens is 278 g/mol. The molecule has 1 N–H and O–H groups in total. The zero-order chi connectivity index (χ0) is 15.5. The van der Waals surface area contributed by atoms with E-state index in [2.05, 4.69) is 9.97 Å². The summed E-state index contributed by atoms with van der Waals surface area (Å²) in [6, 6.07) is 9.90. The first-order chi connectivity index (χ1) is 10.7. The highest BCUT2D eigenvalue weighted by Gasteiger charge is 2.12. The van der Waals surface area contributed by atoms with Gasteiger partial charge in [-0.3, -0.25) is 0 Å². The highest BCUT2D eigenvalue weighted by molar-refractivity contribution is 5.72. The molecule has 0 atom stereocenters. The van der Waals surface area contributed by atoms with Crippen molar-refractivity contribution < 1.29 is 9.84 Å². The molecule has 5 heteroatoms. The molecule has 0 aliphatic heterocycles. The molecule has 22 heavy (non-hydrogen) atoms. The van der Waals surface area contributed by atoms with Crippen LogP contribution in [-0.2, 0) is 13.2 Å². The number of aryl methyl sites for hydroxylation is 2. The van der Waals surface area contributed by atoms with E-state index in [9.17, 15) is 5.11 Å². The highest BCUT2D eigenvalue weighted by Crippen LogP contribution is 2.18. The zero-order valence-corrected chi connectivity index (χ0v) is 12.8. The van der Waals surface area contributed by atoms with Crippen LogP contribution in [0.25, 0.3) is 11.2 Å². The smallest absolute Gasteiger partial charge is 0.160 e. The molecule has 0 amide bonds. The second kappa shape index (κ2) is 6.15. The number of imidazole rings is 1. The summed E-state index contributed by atoms with van der Waals surface area (Å²) in [5.41, 5.74) is 3.87. The molecule has 2 aromatic heterocycles. The van der Waals surface area contributed by atoms with Crippen LogP contribution in [0.2, 0.25) is 0 Å². The first-order valence-corrected chi connectivity index (χ1v) is 7.29. The predicted octanol–water partition coefficient (Wildman–Crippen LogP) is 2.62. The normalized spacial score (nSPS) is 11.0. The molecule has 0 saturated carbocycles. The van der Waals surface area contributed by atoms with E-state index in [-0.39, 0.29) is 6.61 Å². The van der Waals surface area contributed by atoms with Crippen molar-refractivity contribution in [2.45, 2.75) is 27.0 Å². The standard InChI is InChI=1S/C17H19N3O2/c1-12-3-5-14(6-4-12)22-11-16-19-15-9-13(2)10-18-17(15)20(16)7-8-21/h3-6,9-10,21H,7-8,11H2,1-2H3. The minimum atomic E-state index is 0.0402. The summed E-state index contributed by atoms with van der Waals surface area (Å²) in [6.07, 6.45) is 1.81. The molecule has 3 aromatic rings. The van der Waals surface area contributed by atoms with E-state index < -0.39 is 0 Å². The van der Waals surface area contributed by atoms with Crippen LogP contribution >= 0.6 is 0 Å². The van der Waals surface area contributed by atoms with Crippen molar-refractivity contribution in [1.29, 1.82) is 0 Å². The lowest BCUT2D eigenvalue weighted by Crippen LogP contribution is -2.10. The molecule has 114 valence electrons. The molecule has 0 saturated heterocycles. The predicted molar refractivity (Wildman–Crippen MR) is 84.9 cm³/mol. The number of aromatic nitrogens is 3. The topological polar surface area (TPSA) is 60.2 Å². The minimum absolute atomic E-state index is 0.0402. The van der Waals surface area contributed by atoms with E-state index in [1.165, 1.54) is 5.56 Å². The van der Waals surface area contributed by atoms with Gasteiger partial charge in [-0.1, -0.05) is 17.7 Å². The van der Waals surface area contributed by atoms with Gasteiger partial charge in [-0.05, 0) is 37.6 Å². The van der Waals surface area contributed by atoms with Crippen LogP contribution in [-0.4, -0.2) is 26.2 Å². The number of fused-ring (bicyclic) bond motifs is 1. The van der Waals surface area contributed by atoms with Gasteiger partial charge in [-0.15, -0.1) is 0 Å². The van der Waals surface area contributed by atoms with E-state index in [0.717, 1.165) is 28.3 Å². The summed E-state index contributed by atoms with van der Waals surface area (Å²) < 4.78 is 7.71. The van der Waals surface area contributed by atoms with Crippen molar-refractivity contribution in [3.05, 3.63) is 53.5 Å². The molecule has 0 radical (unpaired) electrons. The Hall–Kier alpha value is -2.40. The Morgan fingerprint density at radius 1 is 1.14 bits per heavy atom. The van der Waals surface area contributed by atoms with Gasteiger partial charge in [0.05, 0.1) is 6.61 Å². The van der Waals surface area contributed by atoms with Crippen molar-refractivity contribution in [3.8, 4) is 5.75 Å². The molecule has 0 bridgehead atoms. The van der Waals surface area contributed by atoms with E-state index in [1.807, 2.05) is 54.9 Å². The second-order valence-electron chi connectivity index (χ2n) is 5.36. The van der Waals surface area contributed by atoms with E-state index in [4.69, 9.17) is 4.74 Å². The van der Waals surface area contributed by atoms with Crippen LogP contribution in [0.1, 0.15) is 17.0 Å². The fourth-order valence-electron chi connectivity index (χ4n) is 2.39. The summed E-state index contributed by atoms with van der Waals surface area (Å²) in [7, 11) is 0. The number of hydrogen-bond acceptors (Lipinski definition) is 4. The van der Waals surface area contributed by atoms with E-state index in [1.54, 1.807) is 0 Å². The van der Waals surface area contributed by atoms with Gasteiger partial charge < -0.3 is 14.4 Å². The van der Waals surface area contributed by atoms with Crippen molar-refractivity contribution in [2.24, 2.45) is 0 Å². The van der Waals surface area contributed by atoms with Gasteiger partial charge in [0.2, 0.25) is 0 Å². The minimum Gasteiger partial charge on any atom is -0.486 e. The lowest BCUT2D eigenvalue weighted by Gasteiger charge is -2.09. The Morgan fingerprint density at radius 2 is 1.91 bits per heavy atom. The molecule has 0 aliphatic rings. The third kappa shape index (κ3) is 2.94. The maximum Gasteiger partial charge on any atom is 0.160 e. The number of nitrogens with zero attached hydrogens (tertiary/aromatic N) is 3. The van der Waals surface area contributed by atoms with Crippen molar-refractivity contribution in [2.75, 3.05) is 6.61 Å². The number of aliphatic hydroxyl groups excluding tert-OH is 1. The monoisotopic (exact) mass is 297 g/mol. The summed E-state index contributed by atoms with van der Waals surface area (Å²) in [5, 5.41) is 9.28. The molecule has 0 fully saturated rings. The largest absolute Gasteiger partial charge is 0.486 e. The average Bonchev–Trinajstić information content (AvgIpc) is 2.84. The van der Waals surface area contributed by atoms with Gasteiger partial charge in [0.1, 0.15) is 23.7 Å². The number of rotatable bonds is 5. The van der Waals surface area contributed by atoms with Crippen LogP contribution in [0.3, 0.4) is 0 Å². The Morgan fingerprint density at radius 3 is 2.64 bits per heavy atom. The highest BCUT2D eigenvalue weighted by atomic mass is 16.5. The number of hydrogen-bond donors (Lipinski definition) is 1. The molecule has 1 aromatic carbocycles. The zero-order valence-electron chi connectivity index (χ0n) is 12.8. The molecule has 0 unspecified atom stereocenters. The van der Waals surface area contributed by atoms with Gasteiger partial charge in [0.15, 0.2) is 5.65 Å². The number of pyridine rings is 1. The first-order valence-electron chi connectivity index (χ1n) is 7.29. The van der Waals surface area contributed by atoms with Crippen molar-refractivity contribution in [3.63, 3.8) is 0 Å². The maximum absolute atomic E-state index is 9.28. The fraction of sp³-hybridized carbons (Fsp3) is 0.294. The van der Waals surface area contributed by atoms with E-state index in [0.29, 0.717) is 13.2 Å². The van der Waals surface area contributed by atoms with Crippen LogP contribution in [0.15, 0.2) is 36.5 Å². The van der Waals surface area contributed by atoms with Crippen LogP contribution in [0, 0.1) is 13.8 Å². The van der Waals surface area contributed by atoms with Crippen LogP contribution in [0.5, 0.6) is 5.75 Å². The lowest BCUT2D eigenvalue weighted by atomic mass is 10.2. The molecule has 0 aliphatic carbocycles. The molecular formula is C17H19N3O2. The fourth-order valence-corrected chi connectivity index (χ4v) is 2.39. The van der Waals surface area contributed by atoms with Gasteiger partial charge in [0, 0.05) is 12.7 Å². The van der Waals surface area contributed by atoms with E-state index >= 15 is 0 Å². The Kier molecular flexibility index (Phi) is 4.06. The van der Waals surface area contributed by atoms with Gasteiger partial charge in [-0.2, -0.15) is 0 Å². The summed E-state index contributed by atoms with van der Waals surface area (Å²) in [6.45, 7) is 4.87. The summed E-state index contributed by atoms with van der Waals surface area (Å²) in [4.78, 5) is 9.01. The lowest BCUT2D eigenvalue weighted by molar-refractivity contribution is 0.260. The molecule has 5 nitrogen and oxygen atoms in total. The van der Waals surface area contributed by atoms with Gasteiger partial charge in [0.25, 0.3) is 0 Å². The van der Waals surface area contributed by atoms with Gasteiger partial charge >= 0.3 is 0 Å². The van der Waals surface area contributed by atoms with Crippen molar-refractivity contribution >= 4 is 11.2 Å². The Labute approximate surface area is 129 Å².